The monoisotopic (exact) mass is 292 g/mol. The Labute approximate surface area is 125 Å². The second-order valence-corrected chi connectivity index (χ2v) is 6.36. The maximum atomic E-state index is 12.4. The van der Waals surface area contributed by atoms with Crippen LogP contribution in [0.15, 0.2) is 18.3 Å². The smallest absolute Gasteiger partial charge is 0.270 e. The predicted octanol–water partition coefficient (Wildman–Crippen LogP) is 1.65. The third-order valence-electron chi connectivity index (χ3n) is 5.17. The quantitative estimate of drug-likeness (QED) is 0.871. The number of hydrogen-bond acceptors (Lipinski definition) is 3. The van der Waals surface area contributed by atoms with Crippen LogP contribution in [0.5, 0.6) is 0 Å². The average Bonchev–Trinajstić information content (AvgIpc) is 3.04. The van der Waals surface area contributed by atoms with Gasteiger partial charge in [-0.25, -0.2) is 0 Å². The molecule has 2 aliphatic rings. The van der Waals surface area contributed by atoms with Crippen molar-refractivity contribution in [3.8, 4) is 0 Å². The first kappa shape index (κ1) is 14.6. The third-order valence-corrected chi connectivity index (χ3v) is 5.17. The molecule has 0 radical (unpaired) electrons. The van der Waals surface area contributed by atoms with Crippen LogP contribution in [0.3, 0.4) is 0 Å². The van der Waals surface area contributed by atoms with E-state index in [4.69, 9.17) is 4.74 Å². The molecule has 2 N–H and O–H groups in total. The predicted molar refractivity (Wildman–Crippen MR) is 79.0 cm³/mol. The molecule has 2 fully saturated rings. The largest absolute Gasteiger partial charge is 0.389 e. The fourth-order valence-corrected chi connectivity index (χ4v) is 3.76. The molecule has 5 heteroatoms. The number of piperidine rings is 1. The van der Waals surface area contributed by atoms with Crippen LogP contribution in [-0.4, -0.2) is 52.8 Å². The van der Waals surface area contributed by atoms with Gasteiger partial charge in [-0.05, 0) is 37.3 Å². The highest BCUT2D eigenvalue weighted by Crippen LogP contribution is 2.39. The Hall–Kier alpha value is -1.33. The van der Waals surface area contributed by atoms with Crippen molar-refractivity contribution >= 4 is 5.91 Å². The van der Waals surface area contributed by atoms with Crippen LogP contribution in [0, 0.1) is 11.8 Å². The van der Waals surface area contributed by atoms with E-state index in [1.54, 1.807) is 12.3 Å². The number of H-pyrrole nitrogens is 1. The summed E-state index contributed by atoms with van der Waals surface area (Å²) >= 11 is 0. The molecule has 0 unspecified atom stereocenters. The summed E-state index contributed by atoms with van der Waals surface area (Å²) in [6, 6.07) is 3.63. The summed E-state index contributed by atoms with van der Waals surface area (Å²) in [5.41, 5.74) is -0.0327. The lowest BCUT2D eigenvalue weighted by atomic mass is 9.70. The van der Waals surface area contributed by atoms with Crippen molar-refractivity contribution in [2.45, 2.75) is 31.8 Å². The molecule has 3 rings (SSSR count). The van der Waals surface area contributed by atoms with Gasteiger partial charge in [-0.15, -0.1) is 0 Å². The van der Waals surface area contributed by atoms with Crippen LogP contribution in [0.1, 0.15) is 36.7 Å². The highest BCUT2D eigenvalue weighted by Gasteiger charge is 2.46. The SMILES string of the molecule is C[C@@H]1CN(C(=O)c2ccc[nH]2)CC[C@@]1(O)C1CCOCC1. The zero-order valence-corrected chi connectivity index (χ0v) is 12.5. The van der Waals surface area contributed by atoms with E-state index < -0.39 is 5.60 Å². The Morgan fingerprint density at radius 1 is 1.48 bits per heavy atom. The number of nitrogens with zero attached hydrogens (tertiary/aromatic N) is 1. The molecule has 0 aliphatic carbocycles. The van der Waals surface area contributed by atoms with E-state index in [-0.39, 0.29) is 11.8 Å². The second-order valence-electron chi connectivity index (χ2n) is 6.36. The standard InChI is InChI=1S/C16H24N2O3/c1-12-11-18(15(19)14-3-2-7-17-14)8-6-16(12,20)13-4-9-21-10-5-13/h2-3,7,12-13,17,20H,4-6,8-11H2,1H3/t12-,16+/m1/s1. The van der Waals surface area contributed by atoms with Gasteiger partial charge >= 0.3 is 0 Å². The first-order valence-corrected chi connectivity index (χ1v) is 7.84. The zero-order chi connectivity index (χ0) is 14.9. The molecule has 1 aromatic heterocycles. The van der Waals surface area contributed by atoms with Gasteiger partial charge in [0.1, 0.15) is 5.69 Å². The number of aromatic nitrogens is 1. The molecule has 0 spiro atoms. The normalized spacial score (nSPS) is 31.3. The molecular weight excluding hydrogens is 268 g/mol. The fourth-order valence-electron chi connectivity index (χ4n) is 3.76. The maximum Gasteiger partial charge on any atom is 0.270 e. The minimum atomic E-state index is -0.656. The minimum Gasteiger partial charge on any atom is -0.389 e. The van der Waals surface area contributed by atoms with E-state index in [0.717, 1.165) is 26.1 Å². The number of ether oxygens (including phenoxy) is 1. The first-order chi connectivity index (χ1) is 10.1. The molecule has 116 valence electrons. The first-order valence-electron chi connectivity index (χ1n) is 7.84. The topological polar surface area (TPSA) is 65.6 Å². The van der Waals surface area contributed by atoms with E-state index in [2.05, 4.69) is 11.9 Å². The van der Waals surface area contributed by atoms with Crippen molar-refractivity contribution in [3.63, 3.8) is 0 Å². The lowest BCUT2D eigenvalue weighted by Crippen LogP contribution is -2.56. The van der Waals surface area contributed by atoms with Crippen molar-refractivity contribution in [1.82, 2.24) is 9.88 Å². The van der Waals surface area contributed by atoms with Crippen LogP contribution in [0.4, 0.5) is 0 Å². The van der Waals surface area contributed by atoms with Crippen molar-refractivity contribution in [1.29, 1.82) is 0 Å². The third kappa shape index (κ3) is 2.72. The minimum absolute atomic E-state index is 0.0286. The zero-order valence-electron chi connectivity index (χ0n) is 12.5. The second kappa shape index (κ2) is 5.81. The fraction of sp³-hybridized carbons (Fsp3) is 0.688. The number of rotatable bonds is 2. The van der Waals surface area contributed by atoms with Crippen LogP contribution >= 0.6 is 0 Å². The summed E-state index contributed by atoms with van der Waals surface area (Å²) in [5, 5.41) is 11.1. The Kier molecular flexibility index (Phi) is 4.04. The Morgan fingerprint density at radius 2 is 2.24 bits per heavy atom. The molecular formula is C16H24N2O3. The van der Waals surface area contributed by atoms with E-state index >= 15 is 0 Å². The van der Waals surface area contributed by atoms with Gasteiger partial charge < -0.3 is 19.7 Å². The number of aliphatic hydroxyl groups is 1. The molecule has 5 nitrogen and oxygen atoms in total. The van der Waals surface area contributed by atoms with Crippen molar-refractivity contribution < 1.29 is 14.6 Å². The molecule has 0 aromatic carbocycles. The molecule has 0 bridgehead atoms. The molecule has 2 saturated heterocycles. The van der Waals surface area contributed by atoms with Gasteiger partial charge in [-0.2, -0.15) is 0 Å². The Balaban J connectivity index is 1.67. The van der Waals surface area contributed by atoms with Gasteiger partial charge in [0.2, 0.25) is 0 Å². The summed E-state index contributed by atoms with van der Waals surface area (Å²) in [7, 11) is 0. The van der Waals surface area contributed by atoms with Gasteiger partial charge in [0, 0.05) is 38.4 Å². The van der Waals surface area contributed by atoms with Crippen molar-refractivity contribution in [2.75, 3.05) is 26.3 Å². The van der Waals surface area contributed by atoms with Crippen LogP contribution in [0.25, 0.3) is 0 Å². The van der Waals surface area contributed by atoms with Gasteiger partial charge in [0.25, 0.3) is 5.91 Å². The van der Waals surface area contributed by atoms with Crippen molar-refractivity contribution in [3.05, 3.63) is 24.0 Å². The van der Waals surface area contributed by atoms with Gasteiger partial charge in [-0.3, -0.25) is 4.79 Å². The summed E-state index contributed by atoms with van der Waals surface area (Å²) in [6.07, 6.45) is 4.26. The number of amides is 1. The van der Waals surface area contributed by atoms with Crippen LogP contribution in [0.2, 0.25) is 0 Å². The highest BCUT2D eigenvalue weighted by molar-refractivity contribution is 5.92. The van der Waals surface area contributed by atoms with E-state index in [1.165, 1.54) is 0 Å². The van der Waals surface area contributed by atoms with E-state index in [1.807, 2.05) is 11.0 Å². The van der Waals surface area contributed by atoms with Crippen molar-refractivity contribution in [2.24, 2.45) is 11.8 Å². The Morgan fingerprint density at radius 3 is 2.86 bits per heavy atom. The summed E-state index contributed by atoms with van der Waals surface area (Å²) < 4.78 is 5.40. The molecule has 1 aromatic rings. The summed E-state index contributed by atoms with van der Waals surface area (Å²) in [5.74, 6) is 0.415. The molecule has 21 heavy (non-hydrogen) atoms. The molecule has 0 saturated carbocycles. The number of hydrogen-bond donors (Lipinski definition) is 2. The molecule has 2 atom stereocenters. The molecule has 1 amide bonds. The number of carbonyl (C=O) groups excluding carboxylic acids is 1. The molecule has 2 aliphatic heterocycles. The van der Waals surface area contributed by atoms with Crippen LogP contribution < -0.4 is 0 Å². The van der Waals surface area contributed by atoms with Crippen LogP contribution in [-0.2, 0) is 4.74 Å². The lowest BCUT2D eigenvalue weighted by molar-refractivity contribution is -0.125. The highest BCUT2D eigenvalue weighted by atomic mass is 16.5. The van der Waals surface area contributed by atoms with E-state index in [9.17, 15) is 9.90 Å². The maximum absolute atomic E-state index is 12.4. The van der Waals surface area contributed by atoms with Gasteiger partial charge in [-0.1, -0.05) is 6.92 Å². The number of aromatic amines is 1. The Bertz CT molecular complexity index is 482. The number of carbonyl (C=O) groups is 1. The number of likely N-dealkylation sites (tertiary alicyclic amines) is 1. The lowest BCUT2D eigenvalue weighted by Gasteiger charge is -2.48. The van der Waals surface area contributed by atoms with Gasteiger partial charge in [0.05, 0.1) is 5.60 Å². The number of nitrogens with one attached hydrogen (secondary N) is 1. The van der Waals surface area contributed by atoms with E-state index in [0.29, 0.717) is 31.1 Å². The average molecular weight is 292 g/mol. The summed E-state index contributed by atoms with van der Waals surface area (Å²) in [6.45, 7) is 4.78. The molecule has 3 heterocycles. The summed E-state index contributed by atoms with van der Waals surface area (Å²) in [4.78, 5) is 17.2. The van der Waals surface area contributed by atoms with Gasteiger partial charge in [0.15, 0.2) is 0 Å².